The van der Waals surface area contributed by atoms with Gasteiger partial charge in [-0.05, 0) is 57.3 Å². The Labute approximate surface area is 173 Å². The molecule has 0 saturated carbocycles. The lowest BCUT2D eigenvalue weighted by Gasteiger charge is -2.36. The van der Waals surface area contributed by atoms with E-state index in [4.69, 9.17) is 9.47 Å². The van der Waals surface area contributed by atoms with E-state index in [9.17, 15) is 9.90 Å². The fraction of sp³-hybridized carbons (Fsp3) is 0.696. The molecule has 3 saturated heterocycles. The van der Waals surface area contributed by atoms with Crippen LogP contribution in [0, 0.1) is 5.41 Å². The van der Waals surface area contributed by atoms with Crippen LogP contribution < -0.4 is 4.74 Å². The number of likely N-dealkylation sites (tertiary alicyclic amines) is 2. The van der Waals surface area contributed by atoms with E-state index in [1.165, 1.54) is 0 Å². The molecule has 160 valence electrons. The van der Waals surface area contributed by atoms with Crippen molar-refractivity contribution in [3.05, 3.63) is 30.3 Å². The van der Waals surface area contributed by atoms with Gasteiger partial charge in [-0.1, -0.05) is 18.2 Å². The first-order valence-electron chi connectivity index (χ1n) is 11.1. The van der Waals surface area contributed by atoms with Crippen LogP contribution in [-0.4, -0.2) is 79.0 Å². The minimum atomic E-state index is -0.267. The first kappa shape index (κ1) is 20.6. The number of carbonyl (C=O) groups is 1. The van der Waals surface area contributed by atoms with Crippen molar-refractivity contribution >= 4 is 5.97 Å². The van der Waals surface area contributed by atoms with Gasteiger partial charge in [-0.25, -0.2) is 0 Å². The number of para-hydroxylation sites is 1. The second-order valence-electron chi connectivity index (χ2n) is 8.90. The highest BCUT2D eigenvalue weighted by Gasteiger charge is 2.50. The van der Waals surface area contributed by atoms with Gasteiger partial charge in [-0.3, -0.25) is 9.69 Å². The van der Waals surface area contributed by atoms with Gasteiger partial charge in [-0.2, -0.15) is 0 Å². The molecule has 3 heterocycles. The third-order valence-electron chi connectivity index (χ3n) is 6.79. The normalized spacial score (nSPS) is 26.0. The minimum absolute atomic E-state index is 0.0172. The molecule has 0 amide bonds. The van der Waals surface area contributed by atoms with Gasteiger partial charge in [0.15, 0.2) is 0 Å². The Bertz CT molecular complexity index is 652. The van der Waals surface area contributed by atoms with Gasteiger partial charge in [-0.15, -0.1) is 0 Å². The fourth-order valence-corrected chi connectivity index (χ4v) is 4.94. The monoisotopic (exact) mass is 402 g/mol. The molecule has 4 rings (SSSR count). The number of aliphatic hydroxyl groups excluding tert-OH is 1. The highest BCUT2D eigenvalue weighted by atomic mass is 16.6. The highest BCUT2D eigenvalue weighted by Crippen LogP contribution is 2.43. The molecule has 1 atom stereocenters. The molecule has 1 aromatic carbocycles. The van der Waals surface area contributed by atoms with Crippen molar-refractivity contribution in [1.29, 1.82) is 0 Å². The summed E-state index contributed by atoms with van der Waals surface area (Å²) in [6.07, 6.45) is 5.17. The molecule has 0 aromatic heterocycles. The summed E-state index contributed by atoms with van der Waals surface area (Å²) in [6, 6.07) is 9.94. The molecule has 1 N–H and O–H groups in total. The molecule has 29 heavy (non-hydrogen) atoms. The molecule has 1 spiro atoms. The average molecular weight is 403 g/mol. The summed E-state index contributed by atoms with van der Waals surface area (Å²) < 4.78 is 11.6. The van der Waals surface area contributed by atoms with E-state index in [1.54, 1.807) is 0 Å². The number of aliphatic hydroxyl groups is 1. The average Bonchev–Trinajstić information content (AvgIpc) is 3.04. The summed E-state index contributed by atoms with van der Waals surface area (Å²) in [5.74, 6) is 0.944. The highest BCUT2D eigenvalue weighted by molar-refractivity contribution is 5.79. The van der Waals surface area contributed by atoms with Crippen molar-refractivity contribution in [1.82, 2.24) is 9.80 Å². The maximum atomic E-state index is 12.7. The first-order chi connectivity index (χ1) is 14.1. The zero-order valence-electron chi connectivity index (χ0n) is 17.3. The summed E-state index contributed by atoms with van der Waals surface area (Å²) in [5, 5.41) is 9.66. The molecule has 0 aliphatic carbocycles. The van der Waals surface area contributed by atoms with E-state index >= 15 is 0 Å². The number of carbonyl (C=O) groups excluding carboxylic acids is 1. The summed E-state index contributed by atoms with van der Waals surface area (Å²) in [4.78, 5) is 17.4. The largest absolute Gasteiger partial charge is 0.494 e. The Hall–Kier alpha value is -1.63. The predicted molar refractivity (Wildman–Crippen MR) is 111 cm³/mol. The number of piperidine rings is 2. The fourth-order valence-electron chi connectivity index (χ4n) is 4.94. The van der Waals surface area contributed by atoms with Crippen LogP contribution in [0.5, 0.6) is 5.75 Å². The van der Waals surface area contributed by atoms with Crippen LogP contribution in [0.1, 0.15) is 38.5 Å². The number of ether oxygens (including phenoxy) is 2. The van der Waals surface area contributed by atoms with E-state index in [0.717, 1.165) is 90.1 Å². The lowest BCUT2D eigenvalue weighted by atomic mass is 9.76. The van der Waals surface area contributed by atoms with Crippen LogP contribution in [0.3, 0.4) is 0 Å². The number of nitrogens with zero attached hydrogens (tertiary/aromatic N) is 2. The van der Waals surface area contributed by atoms with Gasteiger partial charge in [0, 0.05) is 32.6 Å². The van der Waals surface area contributed by atoms with Gasteiger partial charge >= 0.3 is 5.97 Å². The number of rotatable bonds is 7. The number of cyclic esters (lactones) is 1. The molecule has 1 aromatic rings. The summed E-state index contributed by atoms with van der Waals surface area (Å²) >= 11 is 0. The Morgan fingerprint density at radius 3 is 2.52 bits per heavy atom. The van der Waals surface area contributed by atoms with Crippen LogP contribution in [0.25, 0.3) is 0 Å². The molecule has 6 heteroatoms. The molecule has 0 radical (unpaired) electrons. The summed E-state index contributed by atoms with van der Waals surface area (Å²) in [7, 11) is 0. The van der Waals surface area contributed by atoms with Crippen molar-refractivity contribution in [3.63, 3.8) is 0 Å². The van der Waals surface area contributed by atoms with E-state index in [0.29, 0.717) is 0 Å². The first-order valence-corrected chi connectivity index (χ1v) is 11.1. The molecule has 6 nitrogen and oxygen atoms in total. The standard InChI is InChI=1S/C23H34N2O4/c26-19-7-12-25(13-8-19)18-21-17-23(22(27)29-21)9-14-24(15-10-23)11-4-16-28-20-5-2-1-3-6-20/h1-3,5-6,19,21,26H,4,7-18H2. The number of esters is 1. The van der Waals surface area contributed by atoms with Gasteiger partial charge in [0.25, 0.3) is 0 Å². The van der Waals surface area contributed by atoms with E-state index < -0.39 is 0 Å². The van der Waals surface area contributed by atoms with Gasteiger partial charge in [0.1, 0.15) is 11.9 Å². The van der Waals surface area contributed by atoms with Crippen LogP contribution in [-0.2, 0) is 9.53 Å². The van der Waals surface area contributed by atoms with Crippen molar-refractivity contribution in [2.24, 2.45) is 5.41 Å². The Morgan fingerprint density at radius 1 is 1.07 bits per heavy atom. The van der Waals surface area contributed by atoms with Gasteiger partial charge < -0.3 is 19.5 Å². The zero-order chi connectivity index (χ0) is 20.1. The maximum Gasteiger partial charge on any atom is 0.312 e. The summed E-state index contributed by atoms with van der Waals surface area (Å²) in [5.41, 5.74) is -0.267. The van der Waals surface area contributed by atoms with Crippen LogP contribution in [0.15, 0.2) is 30.3 Å². The lowest BCUT2D eigenvalue weighted by Crippen LogP contribution is -2.43. The Balaban J connectivity index is 1.17. The summed E-state index contributed by atoms with van der Waals surface area (Å²) in [6.45, 7) is 6.28. The zero-order valence-corrected chi connectivity index (χ0v) is 17.3. The Morgan fingerprint density at radius 2 is 1.79 bits per heavy atom. The third-order valence-corrected chi connectivity index (χ3v) is 6.79. The molecule has 3 aliphatic rings. The van der Waals surface area contributed by atoms with E-state index in [-0.39, 0.29) is 23.6 Å². The van der Waals surface area contributed by atoms with Crippen molar-refractivity contribution < 1.29 is 19.4 Å². The quantitative estimate of drug-likeness (QED) is 0.558. The Kier molecular flexibility index (Phi) is 6.73. The van der Waals surface area contributed by atoms with Crippen LogP contribution >= 0.6 is 0 Å². The molecular weight excluding hydrogens is 368 g/mol. The van der Waals surface area contributed by atoms with Crippen molar-refractivity contribution in [2.75, 3.05) is 45.9 Å². The molecule has 0 bridgehead atoms. The number of benzene rings is 1. The third kappa shape index (κ3) is 5.30. The second kappa shape index (κ2) is 9.45. The van der Waals surface area contributed by atoms with Crippen LogP contribution in [0.2, 0.25) is 0 Å². The van der Waals surface area contributed by atoms with Crippen LogP contribution in [0.4, 0.5) is 0 Å². The van der Waals surface area contributed by atoms with Crippen molar-refractivity contribution in [3.8, 4) is 5.75 Å². The number of hydrogen-bond acceptors (Lipinski definition) is 6. The number of hydrogen-bond donors (Lipinski definition) is 1. The van der Waals surface area contributed by atoms with Gasteiger partial charge in [0.05, 0.1) is 18.1 Å². The molecule has 3 fully saturated rings. The molecule has 1 unspecified atom stereocenters. The SMILES string of the molecule is O=C1OC(CN2CCC(O)CC2)CC12CCN(CCCOc1ccccc1)CC2. The molecule has 3 aliphatic heterocycles. The molecular formula is C23H34N2O4. The minimum Gasteiger partial charge on any atom is -0.494 e. The second-order valence-corrected chi connectivity index (χ2v) is 8.90. The van der Waals surface area contributed by atoms with Crippen molar-refractivity contribution in [2.45, 2.75) is 50.7 Å². The van der Waals surface area contributed by atoms with E-state index in [1.807, 2.05) is 30.3 Å². The predicted octanol–water partition coefficient (Wildman–Crippen LogP) is 2.31. The maximum absolute atomic E-state index is 12.7. The smallest absolute Gasteiger partial charge is 0.312 e. The topological polar surface area (TPSA) is 62.2 Å². The lowest BCUT2D eigenvalue weighted by molar-refractivity contribution is -0.151. The van der Waals surface area contributed by atoms with E-state index in [2.05, 4.69) is 9.80 Å². The van der Waals surface area contributed by atoms with Gasteiger partial charge in [0.2, 0.25) is 0 Å².